The third-order valence-electron chi connectivity index (χ3n) is 4.84. The summed E-state index contributed by atoms with van der Waals surface area (Å²) in [5.74, 6) is 0.0173. The number of nitrogens with zero attached hydrogens (tertiary/aromatic N) is 4. The fraction of sp³-hybridized carbons (Fsp3) is 0.556. The molecule has 2 saturated heterocycles. The van der Waals surface area contributed by atoms with Crippen LogP contribution in [0.25, 0.3) is 6.08 Å². The summed E-state index contributed by atoms with van der Waals surface area (Å²) in [6.45, 7) is 9.91. The van der Waals surface area contributed by atoms with E-state index in [1.165, 1.54) is 23.1 Å². The third-order valence-corrected chi connectivity index (χ3v) is 5.99. The predicted molar refractivity (Wildman–Crippen MR) is 103 cm³/mol. The lowest BCUT2D eigenvalue weighted by molar-refractivity contribution is -0.121. The highest BCUT2D eigenvalue weighted by Gasteiger charge is 2.30. The predicted octanol–water partition coefficient (Wildman–Crippen LogP) is 1.97. The van der Waals surface area contributed by atoms with Gasteiger partial charge in [-0.15, -0.1) is 0 Å². The molecule has 25 heavy (non-hydrogen) atoms. The van der Waals surface area contributed by atoms with Gasteiger partial charge in [0.1, 0.15) is 0 Å². The van der Waals surface area contributed by atoms with Crippen LogP contribution in [0.2, 0.25) is 0 Å². The van der Waals surface area contributed by atoms with Crippen LogP contribution in [0.4, 0.5) is 0 Å². The quantitative estimate of drug-likeness (QED) is 0.769. The van der Waals surface area contributed by atoms with Crippen molar-refractivity contribution in [3.05, 3.63) is 27.9 Å². The van der Waals surface area contributed by atoms with Crippen LogP contribution in [0.5, 0.6) is 0 Å². The van der Waals surface area contributed by atoms with Gasteiger partial charge in [0, 0.05) is 51.7 Å². The van der Waals surface area contributed by atoms with E-state index < -0.39 is 0 Å². The zero-order valence-electron chi connectivity index (χ0n) is 15.4. The van der Waals surface area contributed by atoms with Gasteiger partial charge in [-0.1, -0.05) is 0 Å². The zero-order valence-corrected chi connectivity index (χ0v) is 16.2. The molecule has 136 valence electrons. The van der Waals surface area contributed by atoms with E-state index in [9.17, 15) is 4.79 Å². The maximum atomic E-state index is 12.3. The highest BCUT2D eigenvalue weighted by atomic mass is 32.2. The summed E-state index contributed by atoms with van der Waals surface area (Å²) in [7, 11) is 3.48. The number of aryl methyl sites for hydroxylation is 1. The van der Waals surface area contributed by atoms with Crippen LogP contribution in [0.15, 0.2) is 16.0 Å². The van der Waals surface area contributed by atoms with Crippen molar-refractivity contribution in [1.29, 1.82) is 0 Å². The number of amides is 1. The largest absolute Gasteiger partial charge is 0.379 e. The van der Waals surface area contributed by atoms with Crippen LogP contribution in [0.1, 0.15) is 17.0 Å². The molecule has 0 saturated carbocycles. The van der Waals surface area contributed by atoms with E-state index in [2.05, 4.69) is 34.4 Å². The first-order valence-electron chi connectivity index (χ1n) is 8.62. The van der Waals surface area contributed by atoms with Crippen molar-refractivity contribution in [2.75, 3.05) is 46.9 Å². The number of rotatable bonds is 4. The summed E-state index contributed by atoms with van der Waals surface area (Å²) in [5, 5.41) is 0.748. The number of ether oxygens (including phenoxy) is 1. The summed E-state index contributed by atoms with van der Waals surface area (Å²) in [5.41, 5.74) is 3.54. The van der Waals surface area contributed by atoms with Gasteiger partial charge in [-0.25, -0.2) is 0 Å². The van der Waals surface area contributed by atoms with Crippen molar-refractivity contribution >= 4 is 28.9 Å². The number of carbonyl (C=O) groups excluding carboxylic acids is 1. The molecule has 0 aliphatic carbocycles. The molecule has 1 aromatic heterocycles. The highest BCUT2D eigenvalue weighted by Crippen LogP contribution is 2.32. The van der Waals surface area contributed by atoms with Crippen molar-refractivity contribution in [3.63, 3.8) is 0 Å². The number of likely N-dealkylation sites (N-methyl/N-ethyl adjacent to an activating group) is 1. The van der Waals surface area contributed by atoms with E-state index in [4.69, 9.17) is 4.74 Å². The highest BCUT2D eigenvalue weighted by molar-refractivity contribution is 8.18. The Morgan fingerprint density at radius 3 is 2.64 bits per heavy atom. The van der Waals surface area contributed by atoms with Gasteiger partial charge in [0.2, 0.25) is 0 Å². The number of aliphatic imine (C=N–C) groups is 1. The topological polar surface area (TPSA) is 50.1 Å². The van der Waals surface area contributed by atoms with Gasteiger partial charge < -0.3 is 9.30 Å². The Bertz CT molecular complexity index is 717. The molecule has 7 heteroatoms. The van der Waals surface area contributed by atoms with Gasteiger partial charge in [-0.3, -0.25) is 19.6 Å². The van der Waals surface area contributed by atoms with Crippen LogP contribution in [0, 0.1) is 13.8 Å². The number of hydrogen-bond acceptors (Lipinski definition) is 5. The van der Waals surface area contributed by atoms with Gasteiger partial charge in [-0.05, 0) is 43.3 Å². The van der Waals surface area contributed by atoms with Crippen molar-refractivity contribution in [3.8, 4) is 0 Å². The van der Waals surface area contributed by atoms with Gasteiger partial charge in [0.05, 0.1) is 18.1 Å². The van der Waals surface area contributed by atoms with Gasteiger partial charge >= 0.3 is 0 Å². The summed E-state index contributed by atoms with van der Waals surface area (Å²) >= 11 is 1.44. The number of hydrogen-bond donors (Lipinski definition) is 0. The lowest BCUT2D eigenvalue weighted by Gasteiger charge is -2.27. The smallest absolute Gasteiger partial charge is 0.266 e. The van der Waals surface area contributed by atoms with Crippen molar-refractivity contribution in [2.24, 2.45) is 4.99 Å². The fourth-order valence-electron chi connectivity index (χ4n) is 3.27. The lowest BCUT2D eigenvalue weighted by Crippen LogP contribution is -2.38. The number of thioether (sulfide) groups is 1. The monoisotopic (exact) mass is 362 g/mol. The molecule has 0 bridgehead atoms. The molecule has 0 spiro atoms. The molecule has 0 N–H and O–H groups in total. The second kappa shape index (κ2) is 7.76. The van der Waals surface area contributed by atoms with Gasteiger partial charge in [0.15, 0.2) is 5.17 Å². The van der Waals surface area contributed by atoms with E-state index in [1.807, 2.05) is 6.08 Å². The lowest BCUT2D eigenvalue weighted by atomic mass is 10.2. The standard InChI is InChI=1S/C18H26N4O2S/c1-13-11-15(12-16-17(23)20(4)18(19-3)25-16)14(2)22(13)6-5-21-7-9-24-10-8-21/h11-12H,5-10H2,1-4H3/b16-12-,19-18?. The normalized spacial score (nSPS) is 22.6. The van der Waals surface area contributed by atoms with E-state index in [-0.39, 0.29) is 5.91 Å². The molecular weight excluding hydrogens is 336 g/mol. The minimum Gasteiger partial charge on any atom is -0.379 e. The molecule has 0 radical (unpaired) electrons. The average Bonchev–Trinajstić information content (AvgIpc) is 3.04. The first kappa shape index (κ1) is 18.2. The van der Waals surface area contributed by atoms with E-state index in [0.29, 0.717) is 0 Å². The average molecular weight is 362 g/mol. The second-order valence-corrected chi connectivity index (χ2v) is 7.42. The Morgan fingerprint density at radius 2 is 2.00 bits per heavy atom. The molecule has 6 nitrogen and oxygen atoms in total. The summed E-state index contributed by atoms with van der Waals surface area (Å²) in [6, 6.07) is 2.16. The minimum absolute atomic E-state index is 0.0173. The Kier molecular flexibility index (Phi) is 5.66. The van der Waals surface area contributed by atoms with Crippen LogP contribution in [-0.2, 0) is 16.1 Å². The molecule has 0 unspecified atom stereocenters. The molecule has 1 amide bonds. The number of aromatic nitrogens is 1. The first-order chi connectivity index (χ1) is 12.0. The molecule has 2 aliphatic heterocycles. The Hall–Kier alpha value is -1.57. The van der Waals surface area contributed by atoms with Gasteiger partial charge in [-0.2, -0.15) is 0 Å². The molecule has 2 aliphatic rings. The van der Waals surface area contributed by atoms with Crippen LogP contribution < -0.4 is 0 Å². The maximum absolute atomic E-state index is 12.3. The summed E-state index contributed by atoms with van der Waals surface area (Å²) < 4.78 is 7.75. The molecule has 0 atom stereocenters. The van der Waals surface area contributed by atoms with E-state index in [0.717, 1.165) is 55.0 Å². The van der Waals surface area contributed by atoms with E-state index >= 15 is 0 Å². The van der Waals surface area contributed by atoms with Crippen molar-refractivity contribution in [1.82, 2.24) is 14.4 Å². The number of morpholine rings is 1. The SMILES string of the molecule is CN=C1S/C(=C\c2cc(C)n(CCN3CCOCC3)c2C)C(=O)N1C. The Balaban J connectivity index is 1.75. The number of amidine groups is 1. The summed E-state index contributed by atoms with van der Waals surface area (Å²) in [4.78, 5) is 21.3. The van der Waals surface area contributed by atoms with E-state index in [1.54, 1.807) is 19.0 Å². The van der Waals surface area contributed by atoms with Crippen LogP contribution in [0.3, 0.4) is 0 Å². The maximum Gasteiger partial charge on any atom is 0.266 e. The second-order valence-electron chi connectivity index (χ2n) is 6.41. The molecule has 1 aromatic rings. The minimum atomic E-state index is 0.0173. The van der Waals surface area contributed by atoms with Crippen LogP contribution in [-0.4, -0.2) is 72.4 Å². The van der Waals surface area contributed by atoms with Crippen molar-refractivity contribution < 1.29 is 9.53 Å². The first-order valence-corrected chi connectivity index (χ1v) is 9.44. The fourth-order valence-corrected chi connectivity index (χ4v) is 4.19. The molecule has 3 rings (SSSR count). The van der Waals surface area contributed by atoms with Gasteiger partial charge in [0.25, 0.3) is 5.91 Å². The molecule has 2 fully saturated rings. The Labute approximate surface area is 153 Å². The molecular formula is C18H26N4O2S. The third kappa shape index (κ3) is 3.83. The van der Waals surface area contributed by atoms with Crippen LogP contribution >= 0.6 is 11.8 Å². The molecule has 0 aromatic carbocycles. The summed E-state index contributed by atoms with van der Waals surface area (Å²) in [6.07, 6.45) is 2.00. The zero-order chi connectivity index (χ0) is 18.0. The Morgan fingerprint density at radius 1 is 1.28 bits per heavy atom. The molecule has 3 heterocycles. The number of carbonyl (C=O) groups is 1. The van der Waals surface area contributed by atoms with Crippen molar-refractivity contribution in [2.45, 2.75) is 20.4 Å².